The lowest BCUT2D eigenvalue weighted by Gasteiger charge is -2.22. The van der Waals surface area contributed by atoms with E-state index in [1.807, 2.05) is 31.2 Å². The zero-order valence-electron chi connectivity index (χ0n) is 13.1. The van der Waals surface area contributed by atoms with Crippen molar-refractivity contribution in [2.75, 3.05) is 18.5 Å². The zero-order valence-corrected chi connectivity index (χ0v) is 13.1. The second-order valence-electron chi connectivity index (χ2n) is 5.58. The predicted octanol–water partition coefficient (Wildman–Crippen LogP) is 3.20. The van der Waals surface area contributed by atoms with Crippen LogP contribution in [0.4, 0.5) is 5.69 Å². The summed E-state index contributed by atoms with van der Waals surface area (Å²) in [6.45, 7) is 3.40. The fourth-order valence-electron chi connectivity index (χ4n) is 2.46. The average Bonchev–Trinajstić information content (AvgIpc) is 2.58. The summed E-state index contributed by atoms with van der Waals surface area (Å²) in [5, 5.41) is 2.89. The molecule has 1 aliphatic rings. The van der Waals surface area contributed by atoms with Gasteiger partial charge in [0, 0.05) is 30.8 Å². The monoisotopic (exact) mass is 312 g/mol. The van der Waals surface area contributed by atoms with Crippen LogP contribution in [-0.4, -0.2) is 30.2 Å². The summed E-state index contributed by atoms with van der Waals surface area (Å²) < 4.78 is 11.1. The maximum Gasteiger partial charge on any atom is 0.257 e. The molecule has 1 aromatic heterocycles. The fourth-order valence-corrected chi connectivity index (χ4v) is 2.46. The number of amides is 1. The minimum absolute atomic E-state index is 0.142. The smallest absolute Gasteiger partial charge is 0.257 e. The molecule has 0 unspecified atom stereocenters. The highest BCUT2D eigenvalue weighted by Gasteiger charge is 2.16. The Bertz CT molecular complexity index is 664. The van der Waals surface area contributed by atoms with Gasteiger partial charge in [-0.05, 0) is 24.6 Å². The number of para-hydroxylation sites is 1. The van der Waals surface area contributed by atoms with Crippen molar-refractivity contribution in [1.82, 2.24) is 4.98 Å². The molecule has 0 saturated carbocycles. The Morgan fingerprint density at radius 1 is 1.22 bits per heavy atom. The van der Waals surface area contributed by atoms with E-state index in [4.69, 9.17) is 9.47 Å². The van der Waals surface area contributed by atoms with E-state index in [0.29, 0.717) is 11.4 Å². The summed E-state index contributed by atoms with van der Waals surface area (Å²) >= 11 is 0. The third kappa shape index (κ3) is 4.07. The minimum Gasteiger partial charge on any atom is -0.474 e. The number of nitrogens with zero attached hydrogens (tertiary/aromatic N) is 1. The lowest BCUT2D eigenvalue weighted by molar-refractivity contribution is 0.0237. The first-order chi connectivity index (χ1) is 11.2. The lowest BCUT2D eigenvalue weighted by atomic mass is 10.1. The Balaban J connectivity index is 1.62. The molecule has 3 rings (SSSR count). The highest BCUT2D eigenvalue weighted by Crippen LogP contribution is 2.17. The van der Waals surface area contributed by atoms with Gasteiger partial charge in [-0.2, -0.15) is 0 Å². The SMILES string of the molecule is Cc1ccccc1NC(=O)c1ccc(OC2CCOCC2)nc1. The number of rotatable bonds is 4. The summed E-state index contributed by atoms with van der Waals surface area (Å²) in [5.74, 6) is 0.369. The largest absolute Gasteiger partial charge is 0.474 e. The number of nitrogens with one attached hydrogen (secondary N) is 1. The van der Waals surface area contributed by atoms with Crippen LogP contribution in [0.2, 0.25) is 0 Å². The van der Waals surface area contributed by atoms with Crippen LogP contribution in [0.3, 0.4) is 0 Å². The Morgan fingerprint density at radius 2 is 2.00 bits per heavy atom. The highest BCUT2D eigenvalue weighted by atomic mass is 16.5. The van der Waals surface area contributed by atoms with Crippen LogP contribution in [0, 0.1) is 6.92 Å². The number of aromatic nitrogens is 1. The van der Waals surface area contributed by atoms with Crippen molar-refractivity contribution in [3.63, 3.8) is 0 Å². The second kappa shape index (κ2) is 7.24. The minimum atomic E-state index is -0.176. The van der Waals surface area contributed by atoms with Gasteiger partial charge in [0.05, 0.1) is 18.8 Å². The number of anilines is 1. The van der Waals surface area contributed by atoms with Crippen molar-refractivity contribution in [1.29, 1.82) is 0 Å². The molecule has 5 nitrogen and oxygen atoms in total. The molecule has 1 N–H and O–H groups in total. The van der Waals surface area contributed by atoms with Crippen molar-refractivity contribution in [3.05, 3.63) is 53.7 Å². The molecule has 0 atom stereocenters. The highest BCUT2D eigenvalue weighted by molar-refractivity contribution is 6.04. The van der Waals surface area contributed by atoms with Crippen molar-refractivity contribution >= 4 is 11.6 Å². The van der Waals surface area contributed by atoms with Gasteiger partial charge in [0.15, 0.2) is 0 Å². The standard InChI is InChI=1S/C18H20N2O3/c1-13-4-2-3-5-16(13)20-18(21)14-6-7-17(19-12-14)23-15-8-10-22-11-9-15/h2-7,12,15H,8-11H2,1H3,(H,20,21). The molecule has 0 spiro atoms. The van der Waals surface area contributed by atoms with E-state index in [1.54, 1.807) is 18.3 Å². The Kier molecular flexibility index (Phi) is 4.88. The van der Waals surface area contributed by atoms with Gasteiger partial charge in [0.25, 0.3) is 5.91 Å². The van der Waals surface area contributed by atoms with Gasteiger partial charge in [0.1, 0.15) is 6.10 Å². The molecule has 23 heavy (non-hydrogen) atoms. The molecule has 2 aromatic rings. The van der Waals surface area contributed by atoms with E-state index >= 15 is 0 Å². The van der Waals surface area contributed by atoms with Gasteiger partial charge in [-0.1, -0.05) is 18.2 Å². The number of aryl methyl sites for hydroxylation is 1. The normalized spacial score (nSPS) is 15.2. The van der Waals surface area contributed by atoms with Crippen LogP contribution < -0.4 is 10.1 Å². The molecular weight excluding hydrogens is 292 g/mol. The molecular formula is C18H20N2O3. The number of carbonyl (C=O) groups is 1. The first kappa shape index (κ1) is 15.5. The lowest BCUT2D eigenvalue weighted by Crippen LogP contribution is -2.26. The van der Waals surface area contributed by atoms with Gasteiger partial charge >= 0.3 is 0 Å². The predicted molar refractivity (Wildman–Crippen MR) is 87.8 cm³/mol. The van der Waals surface area contributed by atoms with Gasteiger partial charge in [-0.15, -0.1) is 0 Å². The molecule has 0 radical (unpaired) electrons. The number of benzene rings is 1. The quantitative estimate of drug-likeness (QED) is 0.942. The van der Waals surface area contributed by atoms with E-state index < -0.39 is 0 Å². The maximum absolute atomic E-state index is 12.3. The number of pyridine rings is 1. The summed E-state index contributed by atoms with van der Waals surface area (Å²) in [6.07, 6.45) is 3.43. The first-order valence-electron chi connectivity index (χ1n) is 7.80. The number of carbonyl (C=O) groups excluding carboxylic acids is 1. The van der Waals surface area contributed by atoms with Crippen LogP contribution in [0.25, 0.3) is 0 Å². The Morgan fingerprint density at radius 3 is 2.70 bits per heavy atom. The summed E-state index contributed by atoms with van der Waals surface area (Å²) in [6, 6.07) is 11.1. The van der Waals surface area contributed by atoms with Crippen LogP contribution in [0.1, 0.15) is 28.8 Å². The van der Waals surface area contributed by atoms with Crippen molar-refractivity contribution in [2.45, 2.75) is 25.9 Å². The number of hydrogen-bond donors (Lipinski definition) is 1. The average molecular weight is 312 g/mol. The third-order valence-electron chi connectivity index (χ3n) is 3.85. The number of ether oxygens (including phenoxy) is 2. The molecule has 2 heterocycles. The Labute approximate surface area is 135 Å². The molecule has 1 fully saturated rings. The third-order valence-corrected chi connectivity index (χ3v) is 3.85. The van der Waals surface area contributed by atoms with Crippen molar-refractivity contribution in [2.24, 2.45) is 0 Å². The summed E-state index contributed by atoms with van der Waals surface area (Å²) in [4.78, 5) is 16.5. The topological polar surface area (TPSA) is 60.5 Å². The Hall–Kier alpha value is -2.40. The van der Waals surface area contributed by atoms with E-state index in [2.05, 4.69) is 10.3 Å². The van der Waals surface area contributed by atoms with E-state index in [-0.39, 0.29) is 12.0 Å². The van der Waals surface area contributed by atoms with Gasteiger partial charge in [-0.3, -0.25) is 4.79 Å². The summed E-state index contributed by atoms with van der Waals surface area (Å²) in [7, 11) is 0. The van der Waals surface area contributed by atoms with E-state index in [1.165, 1.54) is 0 Å². The molecule has 0 aliphatic carbocycles. The molecule has 0 bridgehead atoms. The molecule has 1 amide bonds. The first-order valence-corrected chi connectivity index (χ1v) is 7.80. The molecule has 120 valence electrons. The maximum atomic E-state index is 12.3. The molecule has 1 aromatic carbocycles. The van der Waals surface area contributed by atoms with Crippen LogP contribution in [0.5, 0.6) is 5.88 Å². The van der Waals surface area contributed by atoms with Crippen molar-refractivity contribution < 1.29 is 14.3 Å². The van der Waals surface area contributed by atoms with Gasteiger partial charge < -0.3 is 14.8 Å². The van der Waals surface area contributed by atoms with Crippen LogP contribution >= 0.6 is 0 Å². The number of hydrogen-bond acceptors (Lipinski definition) is 4. The second-order valence-corrected chi connectivity index (χ2v) is 5.58. The van der Waals surface area contributed by atoms with Crippen LogP contribution in [-0.2, 0) is 4.74 Å². The van der Waals surface area contributed by atoms with E-state index in [9.17, 15) is 4.79 Å². The van der Waals surface area contributed by atoms with Gasteiger partial charge in [-0.25, -0.2) is 4.98 Å². The summed E-state index contributed by atoms with van der Waals surface area (Å²) in [5.41, 5.74) is 2.33. The van der Waals surface area contributed by atoms with E-state index in [0.717, 1.165) is 37.3 Å². The zero-order chi connectivity index (χ0) is 16.1. The molecule has 1 aliphatic heterocycles. The fraction of sp³-hybridized carbons (Fsp3) is 0.333. The van der Waals surface area contributed by atoms with Crippen molar-refractivity contribution in [3.8, 4) is 5.88 Å². The molecule has 1 saturated heterocycles. The van der Waals surface area contributed by atoms with Crippen LogP contribution in [0.15, 0.2) is 42.6 Å². The van der Waals surface area contributed by atoms with Gasteiger partial charge in [0.2, 0.25) is 5.88 Å². The molecule has 5 heteroatoms.